The molecule has 0 unspecified atom stereocenters. The molecule has 0 aromatic heterocycles. The molecular formula is C14H13ClN4O6S. The average molecular weight is 401 g/mol. The highest BCUT2D eigenvalue weighted by Crippen LogP contribution is 2.24. The zero-order valence-corrected chi connectivity index (χ0v) is 14.8. The number of hydrogen-bond donors (Lipinski definition) is 3. The lowest BCUT2D eigenvalue weighted by Crippen LogP contribution is -2.48. The summed E-state index contributed by atoms with van der Waals surface area (Å²) in [5, 5.41) is 12.6. The van der Waals surface area contributed by atoms with Gasteiger partial charge in [-0.05, 0) is 31.3 Å². The van der Waals surface area contributed by atoms with Crippen LogP contribution in [0, 0.1) is 10.1 Å². The molecule has 0 heterocycles. The molecule has 26 heavy (non-hydrogen) atoms. The van der Waals surface area contributed by atoms with E-state index in [1.165, 1.54) is 12.1 Å². The Morgan fingerprint density at radius 1 is 1.31 bits per heavy atom. The van der Waals surface area contributed by atoms with E-state index in [4.69, 9.17) is 23.8 Å². The van der Waals surface area contributed by atoms with Gasteiger partial charge in [-0.25, -0.2) is 4.79 Å². The van der Waals surface area contributed by atoms with Crippen molar-refractivity contribution in [3.8, 4) is 0 Å². The van der Waals surface area contributed by atoms with Crippen LogP contribution in [0.2, 0.25) is 5.02 Å². The summed E-state index contributed by atoms with van der Waals surface area (Å²) in [4.78, 5) is 44.5. The number of halogens is 1. The molecule has 0 aliphatic rings. The van der Waals surface area contributed by atoms with E-state index in [2.05, 4.69) is 20.9 Å². The number of esters is 1. The fourth-order valence-corrected chi connectivity index (χ4v) is 1.84. The van der Waals surface area contributed by atoms with E-state index < -0.39 is 28.4 Å². The number of carbonyl (C=O) groups excluding carboxylic acids is 3. The van der Waals surface area contributed by atoms with Gasteiger partial charge in [-0.15, -0.1) is 0 Å². The number of nitrogens with one attached hydrogen (secondary N) is 3. The number of amides is 2. The number of benzene rings is 1. The number of carbonyl (C=O) groups is 3. The van der Waals surface area contributed by atoms with Gasteiger partial charge in [-0.1, -0.05) is 11.6 Å². The molecule has 1 rings (SSSR count). The Kier molecular flexibility index (Phi) is 8.12. The molecular weight excluding hydrogens is 388 g/mol. The molecule has 0 aliphatic heterocycles. The van der Waals surface area contributed by atoms with E-state index >= 15 is 0 Å². The number of ether oxygens (including phenoxy) is 1. The highest BCUT2D eigenvalue weighted by Gasteiger charge is 2.16. The second-order valence-electron chi connectivity index (χ2n) is 4.41. The maximum atomic E-state index is 11.9. The molecule has 0 spiro atoms. The molecule has 0 saturated carbocycles. The molecule has 0 saturated heterocycles. The van der Waals surface area contributed by atoms with Gasteiger partial charge in [0.1, 0.15) is 5.02 Å². The highest BCUT2D eigenvalue weighted by atomic mass is 35.5. The quantitative estimate of drug-likeness (QED) is 0.219. The Morgan fingerprint density at radius 2 is 2.00 bits per heavy atom. The van der Waals surface area contributed by atoms with Crippen LogP contribution < -0.4 is 16.2 Å². The third kappa shape index (κ3) is 6.83. The van der Waals surface area contributed by atoms with E-state index in [1.54, 1.807) is 6.92 Å². The minimum Gasteiger partial charge on any atom is -0.463 e. The van der Waals surface area contributed by atoms with Crippen molar-refractivity contribution >= 4 is 52.4 Å². The largest absolute Gasteiger partial charge is 0.463 e. The van der Waals surface area contributed by atoms with Gasteiger partial charge >= 0.3 is 5.97 Å². The summed E-state index contributed by atoms with van der Waals surface area (Å²) in [6, 6.07) is 3.47. The number of rotatable bonds is 5. The lowest BCUT2D eigenvalue weighted by Gasteiger charge is -2.09. The standard InChI is InChI=1S/C14H13ClN4O6S/c1-2-25-12(21)6-5-11(20)16-14(26)18-17-13(22)8-3-4-9(15)10(7-8)19(23)24/h3-7H,2H2,1H3,(H,17,22)(H2,16,18,20,26). The van der Waals surface area contributed by atoms with Crippen molar-refractivity contribution in [2.45, 2.75) is 6.92 Å². The molecule has 1 aromatic carbocycles. The fraction of sp³-hybridized carbons (Fsp3) is 0.143. The Hall–Kier alpha value is -3.05. The van der Waals surface area contributed by atoms with Crippen LogP contribution in [0.4, 0.5) is 5.69 Å². The SMILES string of the molecule is CCOC(=O)C=CC(=O)NC(=S)NNC(=O)c1ccc(Cl)c([N+](=O)[O-])c1. The van der Waals surface area contributed by atoms with Crippen molar-refractivity contribution in [3.05, 3.63) is 51.1 Å². The average Bonchev–Trinajstić information content (AvgIpc) is 2.58. The summed E-state index contributed by atoms with van der Waals surface area (Å²) in [6.07, 6.45) is 1.81. The van der Waals surface area contributed by atoms with Crippen molar-refractivity contribution in [3.63, 3.8) is 0 Å². The van der Waals surface area contributed by atoms with Gasteiger partial charge in [0.25, 0.3) is 11.6 Å². The first-order chi connectivity index (χ1) is 12.2. The predicted molar refractivity (Wildman–Crippen MR) is 95.2 cm³/mol. The Labute approximate surface area is 157 Å². The minimum atomic E-state index is -0.747. The summed E-state index contributed by atoms with van der Waals surface area (Å²) in [6.45, 7) is 1.78. The third-order valence-electron chi connectivity index (χ3n) is 2.59. The van der Waals surface area contributed by atoms with Crippen LogP contribution in [0.3, 0.4) is 0 Å². The summed E-state index contributed by atoms with van der Waals surface area (Å²) < 4.78 is 4.59. The minimum absolute atomic E-state index is 0.0510. The number of hydrogen-bond acceptors (Lipinski definition) is 7. The fourth-order valence-electron chi connectivity index (χ4n) is 1.50. The van der Waals surface area contributed by atoms with Gasteiger partial charge in [0.15, 0.2) is 5.11 Å². The van der Waals surface area contributed by atoms with E-state index in [-0.39, 0.29) is 22.3 Å². The molecule has 138 valence electrons. The van der Waals surface area contributed by atoms with Crippen LogP contribution >= 0.6 is 23.8 Å². The van der Waals surface area contributed by atoms with Crippen LogP contribution in [0.15, 0.2) is 30.4 Å². The molecule has 0 atom stereocenters. The third-order valence-corrected chi connectivity index (χ3v) is 3.11. The van der Waals surface area contributed by atoms with Crippen LogP contribution in [-0.2, 0) is 14.3 Å². The molecule has 10 nitrogen and oxygen atoms in total. The molecule has 0 fully saturated rings. The summed E-state index contributed by atoms with van der Waals surface area (Å²) >= 11 is 10.4. The topological polar surface area (TPSA) is 140 Å². The Morgan fingerprint density at radius 3 is 2.62 bits per heavy atom. The van der Waals surface area contributed by atoms with Crippen LogP contribution in [0.5, 0.6) is 0 Å². The zero-order valence-electron chi connectivity index (χ0n) is 13.3. The first-order valence-corrected chi connectivity index (χ1v) is 7.73. The van der Waals surface area contributed by atoms with Crippen molar-refractivity contribution < 1.29 is 24.0 Å². The molecule has 12 heteroatoms. The van der Waals surface area contributed by atoms with E-state index in [0.717, 1.165) is 18.2 Å². The number of nitrogens with zero attached hydrogens (tertiary/aromatic N) is 1. The normalized spacial score (nSPS) is 10.1. The molecule has 0 aliphatic carbocycles. The maximum absolute atomic E-state index is 11.9. The lowest BCUT2D eigenvalue weighted by atomic mass is 10.2. The molecule has 1 aromatic rings. The van der Waals surface area contributed by atoms with Crippen LogP contribution in [0.1, 0.15) is 17.3 Å². The molecule has 0 radical (unpaired) electrons. The maximum Gasteiger partial charge on any atom is 0.330 e. The second kappa shape index (κ2) is 10.1. The van der Waals surface area contributed by atoms with Gasteiger partial charge in [0.2, 0.25) is 5.91 Å². The zero-order chi connectivity index (χ0) is 19.7. The Bertz CT molecular complexity index is 783. The monoisotopic (exact) mass is 400 g/mol. The van der Waals surface area contributed by atoms with Gasteiger partial charge in [-0.3, -0.25) is 35.9 Å². The number of hydrazine groups is 1. The van der Waals surface area contributed by atoms with Gasteiger partial charge < -0.3 is 4.74 Å². The summed E-state index contributed by atoms with van der Waals surface area (Å²) in [5.41, 5.74) is 3.90. The predicted octanol–water partition coefficient (Wildman–Crippen LogP) is 1.00. The summed E-state index contributed by atoms with van der Waals surface area (Å²) in [5.74, 6) is -2.17. The Balaban J connectivity index is 2.56. The molecule has 2 amide bonds. The van der Waals surface area contributed by atoms with Crippen LogP contribution in [0.25, 0.3) is 0 Å². The summed E-state index contributed by atoms with van der Waals surface area (Å²) in [7, 11) is 0. The lowest BCUT2D eigenvalue weighted by molar-refractivity contribution is -0.384. The number of nitro benzene ring substituents is 1. The van der Waals surface area contributed by atoms with Crippen molar-refractivity contribution in [2.75, 3.05) is 6.61 Å². The second-order valence-corrected chi connectivity index (χ2v) is 5.22. The molecule has 0 bridgehead atoms. The van der Waals surface area contributed by atoms with Crippen molar-refractivity contribution in [2.24, 2.45) is 0 Å². The van der Waals surface area contributed by atoms with E-state index in [9.17, 15) is 24.5 Å². The smallest absolute Gasteiger partial charge is 0.330 e. The van der Waals surface area contributed by atoms with E-state index in [0.29, 0.717) is 0 Å². The van der Waals surface area contributed by atoms with Crippen molar-refractivity contribution in [1.82, 2.24) is 16.2 Å². The first kappa shape index (κ1) is 21.0. The highest BCUT2D eigenvalue weighted by molar-refractivity contribution is 7.80. The first-order valence-electron chi connectivity index (χ1n) is 6.94. The van der Waals surface area contributed by atoms with Crippen LogP contribution in [-0.4, -0.2) is 34.4 Å². The van der Waals surface area contributed by atoms with Crippen molar-refractivity contribution in [1.29, 1.82) is 0 Å². The van der Waals surface area contributed by atoms with Gasteiger partial charge in [-0.2, -0.15) is 0 Å². The number of thiocarbonyl (C=S) groups is 1. The van der Waals surface area contributed by atoms with E-state index in [1.807, 2.05) is 0 Å². The number of nitro groups is 1. The van der Waals surface area contributed by atoms with Gasteiger partial charge in [0, 0.05) is 23.8 Å². The molecule has 3 N–H and O–H groups in total. The van der Waals surface area contributed by atoms with Gasteiger partial charge in [0.05, 0.1) is 11.5 Å².